The van der Waals surface area contributed by atoms with Gasteiger partial charge in [0.05, 0.1) is 5.69 Å². The molecule has 164 valence electrons. The minimum Gasteiger partial charge on any atom is -0.374 e. The van der Waals surface area contributed by atoms with Crippen LogP contribution in [0.4, 0.5) is 20.2 Å². The molecule has 1 aromatic carbocycles. The van der Waals surface area contributed by atoms with Crippen LogP contribution in [0.15, 0.2) is 18.2 Å². The summed E-state index contributed by atoms with van der Waals surface area (Å²) < 4.78 is 29.7. The molecule has 2 amide bonds. The monoisotopic (exact) mass is 421 g/mol. The molecule has 3 aliphatic heterocycles. The van der Waals surface area contributed by atoms with Crippen LogP contribution in [0.3, 0.4) is 0 Å². The highest BCUT2D eigenvalue weighted by Crippen LogP contribution is 2.28. The number of imide groups is 1. The van der Waals surface area contributed by atoms with E-state index in [0.29, 0.717) is 63.4 Å². The summed E-state index contributed by atoms with van der Waals surface area (Å²) in [6.07, 6.45) is 1.75. The van der Waals surface area contributed by atoms with Crippen molar-refractivity contribution in [3.05, 3.63) is 24.0 Å². The zero-order valence-corrected chi connectivity index (χ0v) is 17.1. The summed E-state index contributed by atoms with van der Waals surface area (Å²) in [6, 6.07) is 4.30. The van der Waals surface area contributed by atoms with Crippen molar-refractivity contribution < 1.29 is 18.4 Å². The lowest BCUT2D eigenvalue weighted by atomic mass is 9.93. The van der Waals surface area contributed by atoms with Gasteiger partial charge in [0.15, 0.2) is 0 Å². The summed E-state index contributed by atoms with van der Waals surface area (Å²) in [7, 11) is 0. The predicted octanol–water partition coefficient (Wildman–Crippen LogP) is 1.26. The molecule has 9 heteroatoms. The fourth-order valence-electron chi connectivity index (χ4n) is 4.47. The zero-order valence-electron chi connectivity index (χ0n) is 17.1. The maximum Gasteiger partial charge on any atom is 0.249 e. The Morgan fingerprint density at radius 3 is 2.53 bits per heavy atom. The first-order valence-electron chi connectivity index (χ1n) is 10.7. The van der Waals surface area contributed by atoms with Crippen molar-refractivity contribution in [2.24, 2.45) is 0 Å². The summed E-state index contributed by atoms with van der Waals surface area (Å²) in [6.45, 7) is 4.58. The summed E-state index contributed by atoms with van der Waals surface area (Å²) in [5, 5.41) is 8.48. The highest BCUT2D eigenvalue weighted by molar-refractivity contribution is 6.01. The second kappa shape index (κ2) is 8.85. The molecule has 0 aromatic heterocycles. The van der Waals surface area contributed by atoms with Gasteiger partial charge in [-0.3, -0.25) is 19.8 Å². The van der Waals surface area contributed by atoms with Crippen molar-refractivity contribution in [1.82, 2.24) is 15.5 Å². The highest BCUT2D eigenvalue weighted by atomic mass is 19.1. The van der Waals surface area contributed by atoms with Gasteiger partial charge in [0, 0.05) is 44.8 Å². The van der Waals surface area contributed by atoms with Crippen LogP contribution >= 0.6 is 0 Å². The van der Waals surface area contributed by atoms with Crippen LogP contribution in [-0.4, -0.2) is 74.2 Å². The van der Waals surface area contributed by atoms with E-state index in [2.05, 4.69) is 20.9 Å². The molecule has 0 bridgehead atoms. The Bertz CT molecular complexity index is 792. The van der Waals surface area contributed by atoms with E-state index < -0.39 is 11.7 Å². The maximum absolute atomic E-state index is 14.9. The number of hydrogen-bond acceptors (Lipinski definition) is 6. The molecule has 0 aliphatic carbocycles. The van der Waals surface area contributed by atoms with Crippen LogP contribution in [0.5, 0.6) is 0 Å². The number of anilines is 2. The number of carbonyl (C=O) groups is 2. The van der Waals surface area contributed by atoms with E-state index in [1.165, 1.54) is 6.07 Å². The molecular weight excluding hydrogens is 392 g/mol. The average Bonchev–Trinajstić information content (AvgIpc) is 2.71. The normalized spacial score (nSPS) is 25.1. The Kier molecular flexibility index (Phi) is 6.19. The number of nitrogens with one attached hydrogen (secondary N) is 3. The van der Waals surface area contributed by atoms with Gasteiger partial charge >= 0.3 is 0 Å². The summed E-state index contributed by atoms with van der Waals surface area (Å²) >= 11 is 0. The Morgan fingerprint density at radius 2 is 1.87 bits per heavy atom. The standard InChI is InChI=1S/C21H29F2N5O2/c22-16-13-15(25-17-2-4-19(29)26-20(17)30)1-3-18(16)28-11-9-27(10-12-28)14-21(23)5-7-24-8-6-21/h1,3,13,17,24-25H,2,4-12,14H2,(H,26,29,30). The molecule has 7 nitrogen and oxygen atoms in total. The number of piperidine rings is 2. The summed E-state index contributed by atoms with van der Waals surface area (Å²) in [4.78, 5) is 27.2. The second-order valence-corrected chi connectivity index (χ2v) is 8.48. The Labute approximate surface area is 175 Å². The second-order valence-electron chi connectivity index (χ2n) is 8.48. The van der Waals surface area contributed by atoms with E-state index in [1.807, 2.05) is 4.90 Å². The molecule has 0 saturated carbocycles. The number of nitrogens with zero attached hydrogens (tertiary/aromatic N) is 2. The molecule has 4 rings (SSSR count). The van der Waals surface area contributed by atoms with Gasteiger partial charge in [0.1, 0.15) is 17.5 Å². The van der Waals surface area contributed by atoms with Gasteiger partial charge in [-0.1, -0.05) is 0 Å². The molecule has 3 aliphatic rings. The number of amides is 2. The first kappa shape index (κ1) is 21.0. The third kappa shape index (κ3) is 4.89. The number of halogens is 2. The van der Waals surface area contributed by atoms with Crippen LogP contribution in [0.1, 0.15) is 25.7 Å². The average molecular weight is 421 g/mol. The first-order chi connectivity index (χ1) is 14.4. The Hall–Kier alpha value is -2.26. The lowest BCUT2D eigenvalue weighted by molar-refractivity contribution is -0.133. The lowest BCUT2D eigenvalue weighted by Crippen LogP contribution is -2.53. The topological polar surface area (TPSA) is 76.7 Å². The van der Waals surface area contributed by atoms with Gasteiger partial charge in [0.2, 0.25) is 11.8 Å². The van der Waals surface area contributed by atoms with Gasteiger partial charge in [-0.05, 0) is 50.6 Å². The molecule has 30 heavy (non-hydrogen) atoms. The van der Waals surface area contributed by atoms with Crippen LogP contribution in [0.25, 0.3) is 0 Å². The summed E-state index contributed by atoms with van der Waals surface area (Å²) in [5.74, 6) is -1.02. The van der Waals surface area contributed by atoms with Gasteiger partial charge < -0.3 is 15.5 Å². The molecular formula is C21H29F2N5O2. The third-order valence-corrected chi connectivity index (χ3v) is 6.25. The maximum atomic E-state index is 14.9. The number of carbonyl (C=O) groups excluding carboxylic acids is 2. The Morgan fingerprint density at radius 1 is 1.13 bits per heavy atom. The quantitative estimate of drug-likeness (QED) is 0.622. The summed E-state index contributed by atoms with van der Waals surface area (Å²) in [5.41, 5.74) is -0.0999. The smallest absolute Gasteiger partial charge is 0.249 e. The first-order valence-corrected chi connectivity index (χ1v) is 10.7. The van der Waals surface area contributed by atoms with Crippen LogP contribution in [-0.2, 0) is 9.59 Å². The molecule has 3 saturated heterocycles. The van der Waals surface area contributed by atoms with Gasteiger partial charge in [-0.25, -0.2) is 8.78 Å². The van der Waals surface area contributed by atoms with Crippen molar-refractivity contribution in [3.8, 4) is 0 Å². The van der Waals surface area contributed by atoms with Gasteiger partial charge in [-0.2, -0.15) is 0 Å². The van der Waals surface area contributed by atoms with E-state index in [4.69, 9.17) is 0 Å². The minimum absolute atomic E-state index is 0.269. The van der Waals surface area contributed by atoms with E-state index >= 15 is 0 Å². The van der Waals surface area contributed by atoms with Crippen LogP contribution < -0.4 is 20.9 Å². The fourth-order valence-corrected chi connectivity index (χ4v) is 4.47. The molecule has 3 heterocycles. The SMILES string of the molecule is O=C1CCC(Nc2ccc(N3CCN(CC4(F)CCNCC4)CC3)c(F)c2)C(=O)N1. The van der Waals surface area contributed by atoms with E-state index in [9.17, 15) is 18.4 Å². The number of hydrogen-bond donors (Lipinski definition) is 3. The third-order valence-electron chi connectivity index (χ3n) is 6.25. The van der Waals surface area contributed by atoms with Crippen molar-refractivity contribution >= 4 is 23.2 Å². The van der Waals surface area contributed by atoms with Gasteiger partial charge in [0.25, 0.3) is 0 Å². The van der Waals surface area contributed by atoms with Crippen molar-refractivity contribution in [1.29, 1.82) is 0 Å². The Balaban J connectivity index is 1.32. The molecule has 1 aromatic rings. The number of benzene rings is 1. The molecule has 1 atom stereocenters. The fraction of sp³-hybridized carbons (Fsp3) is 0.619. The van der Waals surface area contributed by atoms with Crippen molar-refractivity contribution in [3.63, 3.8) is 0 Å². The lowest BCUT2D eigenvalue weighted by Gasteiger charge is -2.40. The molecule has 1 unspecified atom stereocenters. The molecule has 0 radical (unpaired) electrons. The van der Waals surface area contributed by atoms with Gasteiger partial charge in [-0.15, -0.1) is 0 Å². The molecule has 3 N–H and O–H groups in total. The number of rotatable bonds is 5. The minimum atomic E-state index is -1.12. The van der Waals surface area contributed by atoms with Crippen molar-refractivity contribution in [2.75, 3.05) is 56.0 Å². The van der Waals surface area contributed by atoms with E-state index in [1.54, 1.807) is 12.1 Å². The molecule has 3 fully saturated rings. The zero-order chi connectivity index (χ0) is 21.1. The largest absolute Gasteiger partial charge is 0.374 e. The molecule has 0 spiro atoms. The predicted molar refractivity (Wildman–Crippen MR) is 111 cm³/mol. The van der Waals surface area contributed by atoms with Crippen molar-refractivity contribution in [2.45, 2.75) is 37.4 Å². The number of piperazine rings is 1. The highest BCUT2D eigenvalue weighted by Gasteiger charge is 2.34. The van der Waals surface area contributed by atoms with Crippen LogP contribution in [0.2, 0.25) is 0 Å². The number of alkyl halides is 1. The van der Waals surface area contributed by atoms with E-state index in [-0.39, 0.29) is 24.1 Å². The van der Waals surface area contributed by atoms with Crippen LogP contribution in [0, 0.1) is 5.82 Å². The van der Waals surface area contributed by atoms with E-state index in [0.717, 1.165) is 13.1 Å².